The maximum atomic E-state index is 11.5. The summed E-state index contributed by atoms with van der Waals surface area (Å²) < 4.78 is 0. The highest BCUT2D eigenvalue weighted by molar-refractivity contribution is 5.76. The van der Waals surface area contributed by atoms with E-state index in [0.29, 0.717) is 6.42 Å². The van der Waals surface area contributed by atoms with Gasteiger partial charge in [0.15, 0.2) is 0 Å². The van der Waals surface area contributed by atoms with Gasteiger partial charge in [-0.25, -0.2) is 0 Å². The minimum atomic E-state index is -0.481. The Bertz CT molecular complexity index is 189. The molecule has 0 aliphatic heterocycles. The summed E-state index contributed by atoms with van der Waals surface area (Å²) in [5.41, 5.74) is 5.11. The highest BCUT2D eigenvalue weighted by Gasteiger charge is 2.22. The van der Waals surface area contributed by atoms with E-state index in [4.69, 9.17) is 10.8 Å². The predicted octanol–water partition coefficient (Wildman–Crippen LogP) is 0.781. The fourth-order valence-electron chi connectivity index (χ4n) is 1.22. The lowest BCUT2D eigenvalue weighted by atomic mass is 10.00. The Morgan fingerprint density at radius 3 is 2.60 bits per heavy atom. The number of rotatable bonds is 7. The molecule has 0 fully saturated rings. The molecule has 4 nitrogen and oxygen atoms in total. The molecular formula is C11H24N2O2. The van der Waals surface area contributed by atoms with E-state index < -0.39 is 5.54 Å². The minimum absolute atomic E-state index is 0.00551. The van der Waals surface area contributed by atoms with Crippen LogP contribution < -0.4 is 11.1 Å². The van der Waals surface area contributed by atoms with Gasteiger partial charge in [-0.15, -0.1) is 0 Å². The van der Waals surface area contributed by atoms with Gasteiger partial charge in [-0.1, -0.05) is 6.92 Å². The van der Waals surface area contributed by atoms with E-state index in [9.17, 15) is 4.79 Å². The predicted molar refractivity (Wildman–Crippen MR) is 61.4 cm³/mol. The SMILES string of the molecule is CCC(C)(CO)NC(=O)CCCC(C)N. The van der Waals surface area contributed by atoms with Crippen LogP contribution in [-0.2, 0) is 4.79 Å². The number of carbonyl (C=O) groups is 1. The molecule has 2 unspecified atom stereocenters. The van der Waals surface area contributed by atoms with Gasteiger partial charge in [-0.2, -0.15) is 0 Å². The Balaban J connectivity index is 3.82. The van der Waals surface area contributed by atoms with Crippen molar-refractivity contribution in [2.45, 2.75) is 58.0 Å². The van der Waals surface area contributed by atoms with Crippen molar-refractivity contribution >= 4 is 5.91 Å². The Kier molecular flexibility index (Phi) is 6.52. The number of nitrogens with two attached hydrogens (primary N) is 1. The molecule has 4 heteroatoms. The maximum Gasteiger partial charge on any atom is 0.220 e. The zero-order valence-electron chi connectivity index (χ0n) is 10.0. The van der Waals surface area contributed by atoms with Gasteiger partial charge in [-0.05, 0) is 33.1 Å². The fraction of sp³-hybridized carbons (Fsp3) is 0.909. The summed E-state index contributed by atoms with van der Waals surface area (Å²) in [7, 11) is 0. The lowest BCUT2D eigenvalue weighted by Crippen LogP contribution is -2.48. The van der Waals surface area contributed by atoms with Crippen LogP contribution in [0.25, 0.3) is 0 Å². The van der Waals surface area contributed by atoms with Crippen molar-refractivity contribution in [3.8, 4) is 0 Å². The van der Waals surface area contributed by atoms with Crippen molar-refractivity contribution in [1.29, 1.82) is 0 Å². The standard InChI is InChI=1S/C11H24N2O2/c1-4-11(3,8-14)13-10(15)7-5-6-9(2)12/h9,14H,4-8,12H2,1-3H3,(H,13,15). The van der Waals surface area contributed by atoms with Crippen molar-refractivity contribution in [1.82, 2.24) is 5.32 Å². The second-order valence-electron chi connectivity index (χ2n) is 4.49. The van der Waals surface area contributed by atoms with Gasteiger partial charge in [-0.3, -0.25) is 4.79 Å². The van der Waals surface area contributed by atoms with Gasteiger partial charge in [0, 0.05) is 12.5 Å². The highest BCUT2D eigenvalue weighted by atomic mass is 16.3. The van der Waals surface area contributed by atoms with Gasteiger partial charge in [0.05, 0.1) is 12.1 Å². The van der Waals surface area contributed by atoms with Crippen molar-refractivity contribution in [3.05, 3.63) is 0 Å². The smallest absolute Gasteiger partial charge is 0.220 e. The number of hydrogen-bond donors (Lipinski definition) is 3. The van der Waals surface area contributed by atoms with E-state index in [-0.39, 0.29) is 18.6 Å². The Morgan fingerprint density at radius 1 is 1.60 bits per heavy atom. The summed E-state index contributed by atoms with van der Waals surface area (Å²) in [6, 6.07) is 0.146. The monoisotopic (exact) mass is 216 g/mol. The van der Waals surface area contributed by atoms with Gasteiger partial charge in [0.25, 0.3) is 0 Å². The first-order valence-electron chi connectivity index (χ1n) is 5.61. The molecule has 0 radical (unpaired) electrons. The first kappa shape index (κ1) is 14.4. The lowest BCUT2D eigenvalue weighted by molar-refractivity contribution is -0.123. The number of aliphatic hydroxyl groups is 1. The quantitative estimate of drug-likeness (QED) is 0.588. The summed E-state index contributed by atoms with van der Waals surface area (Å²) in [6.07, 6.45) is 2.86. The number of hydrogen-bond acceptors (Lipinski definition) is 3. The van der Waals surface area contributed by atoms with Crippen LogP contribution in [0.4, 0.5) is 0 Å². The molecule has 90 valence electrons. The van der Waals surface area contributed by atoms with Crippen molar-refractivity contribution in [2.24, 2.45) is 5.73 Å². The molecule has 0 bridgehead atoms. The van der Waals surface area contributed by atoms with Crippen LogP contribution in [0.15, 0.2) is 0 Å². The van der Waals surface area contributed by atoms with Gasteiger partial charge in [0.2, 0.25) is 5.91 Å². The molecule has 0 heterocycles. The zero-order chi connectivity index (χ0) is 11.9. The zero-order valence-corrected chi connectivity index (χ0v) is 10.0. The first-order chi connectivity index (χ1) is 6.93. The second kappa shape index (κ2) is 6.80. The van der Waals surface area contributed by atoms with E-state index in [0.717, 1.165) is 19.3 Å². The Hall–Kier alpha value is -0.610. The normalized spacial score (nSPS) is 16.9. The molecule has 0 aromatic rings. The molecule has 0 aliphatic rings. The fourth-order valence-corrected chi connectivity index (χ4v) is 1.22. The van der Waals surface area contributed by atoms with E-state index in [1.807, 2.05) is 20.8 Å². The summed E-state index contributed by atoms with van der Waals surface area (Å²) in [6.45, 7) is 5.69. The van der Waals surface area contributed by atoms with Crippen LogP contribution in [0, 0.1) is 0 Å². The van der Waals surface area contributed by atoms with Crippen LogP contribution in [0.1, 0.15) is 46.5 Å². The highest BCUT2D eigenvalue weighted by Crippen LogP contribution is 2.08. The van der Waals surface area contributed by atoms with E-state index in [1.54, 1.807) is 0 Å². The molecule has 0 aromatic carbocycles. The maximum absolute atomic E-state index is 11.5. The molecule has 0 spiro atoms. The van der Waals surface area contributed by atoms with E-state index in [2.05, 4.69) is 5.32 Å². The minimum Gasteiger partial charge on any atom is -0.394 e. The third-order valence-corrected chi connectivity index (χ3v) is 2.63. The average molecular weight is 216 g/mol. The largest absolute Gasteiger partial charge is 0.394 e. The van der Waals surface area contributed by atoms with Crippen molar-refractivity contribution < 1.29 is 9.90 Å². The summed E-state index contributed by atoms with van der Waals surface area (Å²) in [5, 5.41) is 11.9. The molecule has 1 amide bonds. The first-order valence-corrected chi connectivity index (χ1v) is 5.61. The second-order valence-corrected chi connectivity index (χ2v) is 4.49. The van der Waals surface area contributed by atoms with Crippen LogP contribution >= 0.6 is 0 Å². The molecule has 0 aromatic heterocycles. The molecular weight excluding hydrogens is 192 g/mol. The summed E-state index contributed by atoms with van der Waals surface area (Å²) in [4.78, 5) is 11.5. The van der Waals surface area contributed by atoms with Crippen LogP contribution in [0.3, 0.4) is 0 Å². The third kappa shape index (κ3) is 6.47. The molecule has 0 rings (SSSR count). The number of amides is 1. The summed E-state index contributed by atoms with van der Waals surface area (Å²) >= 11 is 0. The molecule has 2 atom stereocenters. The molecule has 0 saturated carbocycles. The van der Waals surface area contributed by atoms with Gasteiger partial charge in [0.1, 0.15) is 0 Å². The topological polar surface area (TPSA) is 75.3 Å². The van der Waals surface area contributed by atoms with Gasteiger partial charge >= 0.3 is 0 Å². The molecule has 15 heavy (non-hydrogen) atoms. The number of aliphatic hydroxyl groups excluding tert-OH is 1. The molecule has 0 saturated heterocycles. The van der Waals surface area contributed by atoms with Crippen LogP contribution in [0.5, 0.6) is 0 Å². The van der Waals surface area contributed by atoms with E-state index in [1.165, 1.54) is 0 Å². The third-order valence-electron chi connectivity index (χ3n) is 2.63. The van der Waals surface area contributed by atoms with Crippen molar-refractivity contribution in [3.63, 3.8) is 0 Å². The number of nitrogens with one attached hydrogen (secondary N) is 1. The average Bonchev–Trinajstić information content (AvgIpc) is 2.17. The molecule has 4 N–H and O–H groups in total. The van der Waals surface area contributed by atoms with Crippen LogP contribution in [0.2, 0.25) is 0 Å². The molecule has 0 aliphatic carbocycles. The van der Waals surface area contributed by atoms with Crippen LogP contribution in [-0.4, -0.2) is 29.2 Å². The Labute approximate surface area is 92.2 Å². The summed E-state index contributed by atoms with van der Waals surface area (Å²) in [5.74, 6) is -0.00551. The lowest BCUT2D eigenvalue weighted by Gasteiger charge is -2.27. The Morgan fingerprint density at radius 2 is 2.20 bits per heavy atom. The van der Waals surface area contributed by atoms with Gasteiger partial charge < -0.3 is 16.2 Å². The number of carbonyl (C=O) groups excluding carboxylic acids is 1. The van der Waals surface area contributed by atoms with Crippen molar-refractivity contribution in [2.75, 3.05) is 6.61 Å². The van der Waals surface area contributed by atoms with E-state index >= 15 is 0 Å².